The molecule has 0 fully saturated rings. The lowest BCUT2D eigenvalue weighted by molar-refractivity contribution is -0.0502. The third-order valence-corrected chi connectivity index (χ3v) is 3.15. The van der Waals surface area contributed by atoms with Crippen LogP contribution in [0.25, 0.3) is 0 Å². The fraction of sp³-hybridized carbons (Fsp3) is 0.222. The molecule has 0 spiro atoms. The first-order valence-corrected chi connectivity index (χ1v) is 6.51. The van der Waals surface area contributed by atoms with Crippen molar-refractivity contribution in [2.24, 2.45) is 0 Å². The highest BCUT2D eigenvalue weighted by Crippen LogP contribution is 2.30. The van der Waals surface area contributed by atoms with Gasteiger partial charge in [0.15, 0.2) is 0 Å². The number of halogens is 3. The van der Waals surface area contributed by atoms with E-state index in [4.69, 9.17) is 15.9 Å². The SMILES string of the molecule is Cc1cc(OC(F)F)c(C#N)c(S(=O)(=O)Cl)c1. The van der Waals surface area contributed by atoms with E-state index in [1.165, 1.54) is 13.0 Å². The van der Waals surface area contributed by atoms with Gasteiger partial charge in [-0.25, -0.2) is 8.42 Å². The topological polar surface area (TPSA) is 67.2 Å². The van der Waals surface area contributed by atoms with Crippen LogP contribution in [0, 0.1) is 18.3 Å². The number of rotatable bonds is 3. The third-order valence-electron chi connectivity index (χ3n) is 1.80. The van der Waals surface area contributed by atoms with Crippen molar-refractivity contribution in [3.8, 4) is 11.8 Å². The van der Waals surface area contributed by atoms with Gasteiger partial charge in [-0.3, -0.25) is 0 Å². The molecule has 8 heteroatoms. The van der Waals surface area contributed by atoms with Gasteiger partial charge >= 0.3 is 6.61 Å². The van der Waals surface area contributed by atoms with Gasteiger partial charge in [-0.05, 0) is 24.6 Å². The van der Waals surface area contributed by atoms with E-state index in [-0.39, 0.29) is 0 Å². The third kappa shape index (κ3) is 3.28. The van der Waals surface area contributed by atoms with Crippen LogP contribution in [0.2, 0.25) is 0 Å². The lowest BCUT2D eigenvalue weighted by Crippen LogP contribution is -2.06. The van der Waals surface area contributed by atoms with Crippen molar-refractivity contribution in [2.75, 3.05) is 0 Å². The van der Waals surface area contributed by atoms with Crippen LogP contribution in [0.1, 0.15) is 11.1 Å². The second kappa shape index (κ2) is 4.85. The molecule has 0 amide bonds. The van der Waals surface area contributed by atoms with Crippen molar-refractivity contribution in [1.29, 1.82) is 5.26 Å². The molecule has 92 valence electrons. The van der Waals surface area contributed by atoms with Gasteiger partial charge in [0.1, 0.15) is 22.3 Å². The molecule has 0 bridgehead atoms. The Morgan fingerprint density at radius 3 is 2.47 bits per heavy atom. The Balaban J connectivity index is 3.53. The van der Waals surface area contributed by atoms with E-state index in [1.54, 1.807) is 0 Å². The van der Waals surface area contributed by atoms with Crippen LogP contribution in [0.3, 0.4) is 0 Å². The second-order valence-corrected chi connectivity index (χ2v) is 5.60. The summed E-state index contributed by atoms with van der Waals surface area (Å²) >= 11 is 0. The summed E-state index contributed by atoms with van der Waals surface area (Å²) in [7, 11) is 0.899. The first-order chi connectivity index (χ1) is 7.75. The molecule has 17 heavy (non-hydrogen) atoms. The fourth-order valence-electron chi connectivity index (χ4n) is 1.21. The van der Waals surface area contributed by atoms with Gasteiger partial charge in [-0.15, -0.1) is 0 Å². The quantitative estimate of drug-likeness (QED) is 0.798. The van der Waals surface area contributed by atoms with Crippen LogP contribution in [-0.2, 0) is 9.05 Å². The van der Waals surface area contributed by atoms with Crippen LogP contribution >= 0.6 is 10.7 Å². The Hall–Kier alpha value is -1.39. The molecule has 0 aliphatic rings. The number of hydrogen-bond donors (Lipinski definition) is 0. The van der Waals surface area contributed by atoms with E-state index in [0.717, 1.165) is 12.1 Å². The van der Waals surface area contributed by atoms with Crippen molar-refractivity contribution < 1.29 is 21.9 Å². The molecule has 1 aromatic rings. The molecule has 0 aromatic heterocycles. The van der Waals surface area contributed by atoms with Gasteiger partial charge in [-0.2, -0.15) is 14.0 Å². The first kappa shape index (κ1) is 13.7. The number of aryl methyl sites for hydroxylation is 1. The summed E-state index contributed by atoms with van der Waals surface area (Å²) in [5.74, 6) is -0.512. The summed E-state index contributed by atoms with van der Waals surface area (Å²) in [4.78, 5) is -0.544. The predicted octanol–water partition coefficient (Wildman–Crippen LogP) is 2.40. The molecule has 0 aliphatic carbocycles. The van der Waals surface area contributed by atoms with E-state index >= 15 is 0 Å². The van der Waals surface area contributed by atoms with Crippen molar-refractivity contribution in [2.45, 2.75) is 18.4 Å². The summed E-state index contributed by atoms with van der Waals surface area (Å²) in [5, 5.41) is 8.77. The van der Waals surface area contributed by atoms with Gasteiger partial charge in [0.2, 0.25) is 0 Å². The average molecular weight is 282 g/mol. The fourth-order valence-corrected chi connectivity index (χ4v) is 2.29. The number of hydrogen-bond acceptors (Lipinski definition) is 4. The molecule has 0 heterocycles. The zero-order valence-corrected chi connectivity index (χ0v) is 10.0. The van der Waals surface area contributed by atoms with Crippen molar-refractivity contribution in [3.05, 3.63) is 23.3 Å². The lowest BCUT2D eigenvalue weighted by Gasteiger charge is -2.10. The number of benzene rings is 1. The zero-order valence-electron chi connectivity index (χ0n) is 8.45. The van der Waals surface area contributed by atoms with E-state index < -0.39 is 31.9 Å². The summed E-state index contributed by atoms with van der Waals surface area (Å²) in [6, 6.07) is 3.73. The van der Waals surface area contributed by atoms with Gasteiger partial charge < -0.3 is 4.74 Å². The maximum Gasteiger partial charge on any atom is 0.387 e. The van der Waals surface area contributed by atoms with Crippen LogP contribution < -0.4 is 4.74 Å². The monoisotopic (exact) mass is 281 g/mol. The molecule has 1 rings (SSSR count). The molecule has 0 saturated carbocycles. The van der Waals surface area contributed by atoms with E-state index in [0.29, 0.717) is 5.56 Å². The standard InChI is InChI=1S/C9H6ClF2NO3S/c1-5-2-7(16-9(11)12)6(4-13)8(3-5)17(10,14)15/h2-3,9H,1H3. The minimum Gasteiger partial charge on any atom is -0.433 e. The smallest absolute Gasteiger partial charge is 0.387 e. The van der Waals surface area contributed by atoms with Crippen LogP contribution in [0.4, 0.5) is 8.78 Å². The summed E-state index contributed by atoms with van der Waals surface area (Å²) < 4.78 is 50.6. The Morgan fingerprint density at radius 1 is 1.47 bits per heavy atom. The highest BCUT2D eigenvalue weighted by molar-refractivity contribution is 8.13. The zero-order chi connectivity index (χ0) is 13.2. The first-order valence-electron chi connectivity index (χ1n) is 4.20. The lowest BCUT2D eigenvalue weighted by atomic mass is 10.1. The van der Waals surface area contributed by atoms with E-state index in [2.05, 4.69) is 4.74 Å². The minimum absolute atomic E-state index is 0.332. The molecule has 1 aromatic carbocycles. The largest absolute Gasteiger partial charge is 0.433 e. The Bertz CT molecular complexity index is 581. The maximum atomic E-state index is 12.1. The molecular weight excluding hydrogens is 276 g/mol. The van der Waals surface area contributed by atoms with Crippen molar-refractivity contribution in [3.63, 3.8) is 0 Å². The van der Waals surface area contributed by atoms with Gasteiger partial charge in [0.05, 0.1) is 0 Å². The molecule has 0 aliphatic heterocycles. The number of nitrogens with zero attached hydrogens (tertiary/aromatic N) is 1. The van der Waals surface area contributed by atoms with Crippen LogP contribution in [0.5, 0.6) is 5.75 Å². The Kier molecular flexibility index (Phi) is 3.91. The summed E-state index contributed by atoms with van der Waals surface area (Å²) in [5.41, 5.74) is -0.204. The Morgan fingerprint density at radius 2 is 2.06 bits per heavy atom. The molecule has 4 nitrogen and oxygen atoms in total. The van der Waals surface area contributed by atoms with Crippen LogP contribution in [0.15, 0.2) is 17.0 Å². The molecule has 0 saturated heterocycles. The van der Waals surface area contributed by atoms with Gasteiger partial charge in [-0.1, -0.05) is 0 Å². The Labute approximate surface area is 101 Å². The van der Waals surface area contributed by atoms with E-state index in [1.807, 2.05) is 0 Å². The molecular formula is C9H6ClF2NO3S. The number of alkyl halides is 2. The summed E-state index contributed by atoms with van der Waals surface area (Å²) in [6.07, 6.45) is 0. The van der Waals surface area contributed by atoms with Crippen molar-refractivity contribution >= 4 is 19.7 Å². The van der Waals surface area contributed by atoms with Gasteiger partial charge in [0, 0.05) is 10.7 Å². The normalized spacial score (nSPS) is 11.3. The highest BCUT2D eigenvalue weighted by atomic mass is 35.7. The maximum absolute atomic E-state index is 12.1. The predicted molar refractivity (Wildman–Crippen MR) is 55.6 cm³/mol. The number of ether oxygens (including phenoxy) is 1. The number of nitriles is 1. The van der Waals surface area contributed by atoms with Crippen LogP contribution in [-0.4, -0.2) is 15.0 Å². The molecule has 0 N–H and O–H groups in total. The molecule has 0 atom stereocenters. The summed E-state index contributed by atoms with van der Waals surface area (Å²) in [6.45, 7) is -1.69. The molecule has 0 radical (unpaired) electrons. The molecule has 0 unspecified atom stereocenters. The average Bonchev–Trinajstić information content (AvgIpc) is 2.14. The van der Waals surface area contributed by atoms with Crippen molar-refractivity contribution in [1.82, 2.24) is 0 Å². The second-order valence-electron chi connectivity index (χ2n) is 3.06. The minimum atomic E-state index is -4.20. The highest BCUT2D eigenvalue weighted by Gasteiger charge is 2.22. The van der Waals surface area contributed by atoms with Gasteiger partial charge in [0.25, 0.3) is 9.05 Å². The van der Waals surface area contributed by atoms with E-state index in [9.17, 15) is 17.2 Å².